The third-order valence-electron chi connectivity index (χ3n) is 10.0. The number of aryl methyl sites for hydroxylation is 6. The van der Waals surface area contributed by atoms with Crippen LogP contribution in [0, 0.1) is 0 Å². The molecule has 0 bridgehead atoms. The van der Waals surface area contributed by atoms with E-state index in [0.717, 1.165) is 88.6 Å². The molecule has 0 saturated heterocycles. The number of phenols is 3. The van der Waals surface area contributed by atoms with Crippen LogP contribution in [0.2, 0.25) is 0 Å². The Labute approximate surface area is 376 Å². The highest BCUT2D eigenvalue weighted by Gasteiger charge is 2.24. The second-order valence-corrected chi connectivity index (χ2v) is 19.2. The zero-order valence-corrected chi connectivity index (χ0v) is 40.2. The summed E-state index contributed by atoms with van der Waals surface area (Å²) in [7, 11) is 0. The molecule has 0 atom stereocenters. The van der Waals surface area contributed by atoms with Gasteiger partial charge in [-0.3, -0.25) is 14.4 Å². The van der Waals surface area contributed by atoms with Crippen molar-refractivity contribution in [3.8, 4) is 17.2 Å². The van der Waals surface area contributed by atoms with Crippen LogP contribution in [0.15, 0.2) is 36.4 Å². The van der Waals surface area contributed by atoms with Gasteiger partial charge in [0.2, 0.25) is 0 Å². The quantitative estimate of drug-likeness (QED) is 0.0617. The predicted molar refractivity (Wildman–Crippen MR) is 250 cm³/mol. The van der Waals surface area contributed by atoms with Crippen molar-refractivity contribution >= 4 is 17.9 Å². The number of carboxylic acids is 3. The van der Waals surface area contributed by atoms with Crippen molar-refractivity contribution in [2.24, 2.45) is 0 Å². The van der Waals surface area contributed by atoms with E-state index in [9.17, 15) is 29.7 Å². The molecule has 0 aliphatic carbocycles. The van der Waals surface area contributed by atoms with Gasteiger partial charge in [-0.15, -0.1) is 0 Å². The molecule has 3 aromatic rings. The average molecular weight is 885 g/mol. The minimum Gasteiger partial charge on any atom is -0.507 e. The summed E-state index contributed by atoms with van der Waals surface area (Å²) in [5.41, 5.74) is 8.02. The van der Waals surface area contributed by atoms with Gasteiger partial charge in [-0.05, 0) is 105 Å². The van der Waals surface area contributed by atoms with E-state index in [0.29, 0.717) is 36.5 Å². The standard InChI is InChI=1S/3C16H24O3.C3H8O3/c3*1-5-6-12-9-11(7-8-14(17)18)10-13(15(12)19)16(2,3)4;4-1-3(6)2-5/h3*9-10,19H,5-8H2,1-4H3,(H,17,18);3-6H,1-2H2. The maximum atomic E-state index is 10.7. The van der Waals surface area contributed by atoms with Gasteiger partial charge in [0.15, 0.2) is 0 Å². The molecule has 3 aromatic carbocycles. The summed E-state index contributed by atoms with van der Waals surface area (Å²) >= 11 is 0. The minimum atomic E-state index is -0.954. The van der Waals surface area contributed by atoms with Crippen LogP contribution in [-0.4, -0.2) is 83.2 Å². The monoisotopic (exact) mass is 885 g/mol. The van der Waals surface area contributed by atoms with E-state index in [1.807, 2.05) is 36.4 Å². The third kappa shape index (κ3) is 22.0. The molecule has 0 fully saturated rings. The molecule has 12 nitrogen and oxygen atoms in total. The summed E-state index contributed by atoms with van der Waals surface area (Å²) in [6.45, 7) is 24.0. The highest BCUT2D eigenvalue weighted by atomic mass is 16.4. The fourth-order valence-corrected chi connectivity index (χ4v) is 6.62. The second kappa shape index (κ2) is 27.5. The van der Waals surface area contributed by atoms with Crippen molar-refractivity contribution in [1.82, 2.24) is 0 Å². The molecule has 9 N–H and O–H groups in total. The summed E-state index contributed by atoms with van der Waals surface area (Å²) in [5, 5.41) is 81.4. The van der Waals surface area contributed by atoms with Crippen LogP contribution in [0.25, 0.3) is 0 Å². The lowest BCUT2D eigenvalue weighted by atomic mass is 9.83. The lowest BCUT2D eigenvalue weighted by Gasteiger charge is -2.23. The molecule has 0 aliphatic rings. The van der Waals surface area contributed by atoms with Crippen molar-refractivity contribution < 1.29 is 60.3 Å². The molecule has 0 unspecified atom stereocenters. The van der Waals surface area contributed by atoms with E-state index >= 15 is 0 Å². The van der Waals surface area contributed by atoms with Gasteiger partial charge < -0.3 is 46.0 Å². The molecule has 12 heteroatoms. The van der Waals surface area contributed by atoms with Crippen LogP contribution >= 0.6 is 0 Å². The van der Waals surface area contributed by atoms with Gasteiger partial charge in [-0.2, -0.15) is 0 Å². The van der Waals surface area contributed by atoms with Crippen molar-refractivity contribution in [1.29, 1.82) is 0 Å². The molecule has 0 heterocycles. The molecule has 0 aromatic heterocycles. The number of phenolic OH excluding ortho intramolecular Hbond substituents is 3. The molecule has 0 aliphatic heterocycles. The van der Waals surface area contributed by atoms with Crippen molar-refractivity contribution in [2.75, 3.05) is 13.2 Å². The zero-order chi connectivity index (χ0) is 48.9. The first-order valence-corrected chi connectivity index (χ1v) is 22.2. The Kier molecular flexibility index (Phi) is 25.5. The number of aliphatic hydroxyl groups excluding tert-OH is 3. The smallest absolute Gasteiger partial charge is 0.303 e. The van der Waals surface area contributed by atoms with E-state index in [2.05, 4.69) is 83.1 Å². The van der Waals surface area contributed by atoms with Gasteiger partial charge in [0.25, 0.3) is 0 Å². The number of carbonyl (C=O) groups is 3. The van der Waals surface area contributed by atoms with Gasteiger partial charge in [0.05, 0.1) is 13.2 Å². The molecular weight excluding hydrogens is 805 g/mol. The summed E-state index contributed by atoms with van der Waals surface area (Å²) < 4.78 is 0. The van der Waals surface area contributed by atoms with E-state index < -0.39 is 24.0 Å². The van der Waals surface area contributed by atoms with Gasteiger partial charge in [0.1, 0.15) is 23.4 Å². The van der Waals surface area contributed by atoms with Crippen molar-refractivity contribution in [2.45, 2.75) is 182 Å². The number of rotatable bonds is 17. The maximum absolute atomic E-state index is 10.7. The number of aliphatic hydroxyl groups is 3. The summed E-state index contributed by atoms with van der Waals surface area (Å²) in [6.07, 6.45) is 6.27. The molecule has 63 heavy (non-hydrogen) atoms. The highest BCUT2D eigenvalue weighted by molar-refractivity contribution is 5.68. The fraction of sp³-hybridized carbons (Fsp3) is 0.588. The topological polar surface area (TPSA) is 233 Å². The Balaban J connectivity index is 0.000000858. The average Bonchev–Trinajstić information content (AvgIpc) is 3.17. The number of benzene rings is 3. The number of hydrogen-bond acceptors (Lipinski definition) is 9. The van der Waals surface area contributed by atoms with E-state index in [1.165, 1.54) is 0 Å². The van der Waals surface area contributed by atoms with E-state index in [-0.39, 0.29) is 48.7 Å². The normalized spacial score (nSPS) is 11.4. The van der Waals surface area contributed by atoms with Crippen LogP contribution in [-0.2, 0) is 69.2 Å². The van der Waals surface area contributed by atoms with Gasteiger partial charge >= 0.3 is 17.9 Å². The molecule has 3 rings (SSSR count). The van der Waals surface area contributed by atoms with Crippen LogP contribution in [0.3, 0.4) is 0 Å². The molecule has 0 amide bonds. The zero-order valence-electron chi connectivity index (χ0n) is 40.2. The molecule has 356 valence electrons. The Bertz CT molecular complexity index is 1660. The first-order valence-electron chi connectivity index (χ1n) is 22.2. The largest absolute Gasteiger partial charge is 0.507 e. The molecular formula is C51H80O12. The number of carboxylic acid groups (broad SMARTS) is 3. The first kappa shape index (κ1) is 58.4. The third-order valence-corrected chi connectivity index (χ3v) is 10.0. The lowest BCUT2D eigenvalue weighted by Crippen LogP contribution is -2.15. The second-order valence-electron chi connectivity index (χ2n) is 19.2. The molecule has 0 saturated carbocycles. The number of aliphatic carboxylic acids is 3. The summed E-state index contributed by atoms with van der Waals surface area (Å²) in [6, 6.07) is 11.7. The lowest BCUT2D eigenvalue weighted by molar-refractivity contribution is -0.138. The van der Waals surface area contributed by atoms with Crippen molar-refractivity contribution in [3.05, 3.63) is 86.5 Å². The Hall–Kier alpha value is -4.65. The van der Waals surface area contributed by atoms with Gasteiger partial charge in [-0.1, -0.05) is 139 Å². The number of hydrogen-bond donors (Lipinski definition) is 9. The molecule has 0 spiro atoms. The minimum absolute atomic E-state index is 0.125. The summed E-state index contributed by atoms with van der Waals surface area (Å²) in [4.78, 5) is 32.0. The van der Waals surface area contributed by atoms with Crippen molar-refractivity contribution in [3.63, 3.8) is 0 Å². The maximum Gasteiger partial charge on any atom is 0.303 e. The molecule has 0 radical (unpaired) electrons. The Morgan fingerprint density at radius 3 is 0.810 bits per heavy atom. The Morgan fingerprint density at radius 1 is 0.444 bits per heavy atom. The predicted octanol–water partition coefficient (Wildman–Crippen LogP) is 9.31. The first-order chi connectivity index (χ1) is 29.1. The highest BCUT2D eigenvalue weighted by Crippen LogP contribution is 2.38. The SMILES string of the molecule is CCCc1cc(CCC(=O)O)cc(C(C)(C)C)c1O.CCCc1cc(CCC(=O)O)cc(C(C)(C)C)c1O.CCCc1cc(CCC(=O)O)cc(C(C)(C)C)c1O.OCC(O)CO. The summed E-state index contributed by atoms with van der Waals surface area (Å²) in [5.74, 6) is -1.26. The van der Waals surface area contributed by atoms with E-state index in [4.69, 9.17) is 30.6 Å². The fourth-order valence-electron chi connectivity index (χ4n) is 6.62. The Morgan fingerprint density at radius 2 is 0.667 bits per heavy atom. The van der Waals surface area contributed by atoms with Crippen LogP contribution in [0.1, 0.15) is 172 Å². The van der Waals surface area contributed by atoms with E-state index in [1.54, 1.807) is 0 Å². The van der Waals surface area contributed by atoms with Gasteiger partial charge in [-0.25, -0.2) is 0 Å². The number of aromatic hydroxyl groups is 3. The van der Waals surface area contributed by atoms with Crippen LogP contribution < -0.4 is 0 Å². The van der Waals surface area contributed by atoms with Crippen LogP contribution in [0.5, 0.6) is 17.2 Å². The van der Waals surface area contributed by atoms with Crippen LogP contribution in [0.4, 0.5) is 0 Å². The van der Waals surface area contributed by atoms with Gasteiger partial charge in [0, 0.05) is 19.3 Å².